The van der Waals surface area contributed by atoms with Crippen molar-refractivity contribution in [1.82, 2.24) is 14.8 Å². The summed E-state index contributed by atoms with van der Waals surface area (Å²) in [5.74, 6) is 2.12. The number of rotatable bonds is 9. The summed E-state index contributed by atoms with van der Waals surface area (Å²) < 4.78 is 28.8. The zero-order valence-electron chi connectivity index (χ0n) is 28.4. The van der Waals surface area contributed by atoms with E-state index in [1.807, 2.05) is 42.6 Å². The van der Waals surface area contributed by atoms with Crippen LogP contribution in [0.15, 0.2) is 72.9 Å². The van der Waals surface area contributed by atoms with Crippen LogP contribution >= 0.6 is 0 Å². The highest BCUT2D eigenvalue weighted by Crippen LogP contribution is 2.52. The lowest BCUT2D eigenvalue weighted by Crippen LogP contribution is -2.68. The SMILES string of the molecule is COc1cc2c(cc1OC)C1C3Cc4cc(OC)c(OC)cc4C(COC(=O)C=CCc4cnc5ccccc5c4)N3C(C#N)C(C2)N1C. The molecule has 3 aliphatic heterocycles. The second-order valence-electron chi connectivity index (χ2n) is 12.8. The fourth-order valence-electron chi connectivity index (χ4n) is 8.07. The number of fused-ring (bicyclic) bond motifs is 8. The van der Waals surface area contributed by atoms with Crippen LogP contribution < -0.4 is 18.9 Å². The maximum Gasteiger partial charge on any atom is 0.330 e. The summed E-state index contributed by atoms with van der Waals surface area (Å²) in [7, 11) is 8.62. The van der Waals surface area contributed by atoms with Gasteiger partial charge in [-0.05, 0) is 90.5 Å². The van der Waals surface area contributed by atoms with Gasteiger partial charge in [0.15, 0.2) is 23.0 Å². The Morgan fingerprint density at radius 3 is 2.22 bits per heavy atom. The monoisotopic (exact) mass is 660 g/mol. The molecule has 1 fully saturated rings. The van der Waals surface area contributed by atoms with Gasteiger partial charge < -0.3 is 23.7 Å². The number of hydrogen-bond acceptors (Lipinski definition) is 10. The van der Waals surface area contributed by atoms with Gasteiger partial charge in [0.1, 0.15) is 12.6 Å². The molecular formula is C39H40N4O6. The van der Waals surface area contributed by atoms with Crippen LogP contribution in [0.5, 0.6) is 23.0 Å². The molecule has 0 amide bonds. The molecule has 2 bridgehead atoms. The van der Waals surface area contributed by atoms with Crippen molar-refractivity contribution < 1.29 is 28.5 Å². The number of likely N-dealkylation sites (N-methyl/N-ethyl adjacent to an activating group) is 1. The van der Waals surface area contributed by atoms with Crippen molar-refractivity contribution in [1.29, 1.82) is 5.26 Å². The van der Waals surface area contributed by atoms with E-state index in [1.54, 1.807) is 34.5 Å². The van der Waals surface area contributed by atoms with Crippen LogP contribution in [0.2, 0.25) is 0 Å². The van der Waals surface area contributed by atoms with Crippen LogP contribution in [0.1, 0.15) is 39.9 Å². The van der Waals surface area contributed by atoms with Crippen LogP contribution in [-0.4, -0.2) is 81.0 Å². The van der Waals surface area contributed by atoms with Gasteiger partial charge in [0.05, 0.1) is 52.1 Å². The van der Waals surface area contributed by atoms with E-state index < -0.39 is 12.0 Å². The summed E-state index contributed by atoms with van der Waals surface area (Å²) in [5, 5.41) is 11.8. The number of carbonyl (C=O) groups excluding carboxylic acids is 1. The van der Waals surface area contributed by atoms with E-state index in [1.165, 1.54) is 6.08 Å². The van der Waals surface area contributed by atoms with Gasteiger partial charge >= 0.3 is 5.97 Å². The first kappa shape index (κ1) is 32.4. The average molecular weight is 661 g/mol. The van der Waals surface area contributed by atoms with E-state index in [-0.39, 0.29) is 30.8 Å². The fourth-order valence-corrected chi connectivity index (χ4v) is 8.07. The van der Waals surface area contributed by atoms with Crippen molar-refractivity contribution >= 4 is 16.9 Å². The number of benzene rings is 3. The number of para-hydroxylation sites is 1. The predicted octanol–water partition coefficient (Wildman–Crippen LogP) is 5.38. The Labute approximate surface area is 286 Å². The number of ether oxygens (including phenoxy) is 5. The van der Waals surface area contributed by atoms with Gasteiger partial charge in [0.2, 0.25) is 0 Å². The van der Waals surface area contributed by atoms with Crippen molar-refractivity contribution in [2.24, 2.45) is 0 Å². The van der Waals surface area contributed by atoms with Crippen molar-refractivity contribution in [2.45, 2.75) is 49.5 Å². The summed E-state index contributed by atoms with van der Waals surface area (Å²) >= 11 is 0. The average Bonchev–Trinajstić information content (AvgIpc) is 3.12. The second-order valence-corrected chi connectivity index (χ2v) is 12.8. The van der Waals surface area contributed by atoms with Crippen LogP contribution in [-0.2, 0) is 28.8 Å². The van der Waals surface area contributed by atoms with Crippen molar-refractivity contribution in [3.8, 4) is 29.1 Å². The highest BCUT2D eigenvalue weighted by Gasteiger charge is 2.54. The third-order valence-electron chi connectivity index (χ3n) is 10.4. The van der Waals surface area contributed by atoms with Crippen molar-refractivity contribution in [3.63, 3.8) is 0 Å². The van der Waals surface area contributed by atoms with Gasteiger partial charge in [-0.3, -0.25) is 14.8 Å². The third-order valence-corrected chi connectivity index (χ3v) is 10.4. The third kappa shape index (κ3) is 5.73. The first-order valence-electron chi connectivity index (χ1n) is 16.4. The smallest absolute Gasteiger partial charge is 0.330 e. The standard InChI is InChI=1S/C39H40N4O6/c1-42-30-14-26-17-35(46-3)37(48-5)19-28(26)39(42)31-15-25-16-34(45-2)36(47-4)18-27(25)33(43(31)32(30)20-40)22-49-38(44)12-8-9-23-13-24-10-6-7-11-29(24)41-21-23/h6-8,10-13,16-19,21,30-33,39H,9,14-15,22H2,1-5H3. The Bertz CT molecular complexity index is 1970. The highest BCUT2D eigenvalue weighted by molar-refractivity contribution is 5.82. The first-order valence-corrected chi connectivity index (χ1v) is 16.4. The van der Waals surface area contributed by atoms with E-state index in [2.05, 4.69) is 46.1 Å². The highest BCUT2D eigenvalue weighted by atomic mass is 16.5. The molecule has 49 heavy (non-hydrogen) atoms. The normalized spacial score (nSPS) is 22.8. The molecule has 0 N–H and O–H groups in total. The molecule has 5 atom stereocenters. The number of nitrogens with zero attached hydrogens (tertiary/aromatic N) is 4. The zero-order chi connectivity index (χ0) is 34.2. The van der Waals surface area contributed by atoms with Crippen molar-refractivity contribution in [3.05, 3.63) is 101 Å². The topological polar surface area (TPSA) is 106 Å². The summed E-state index contributed by atoms with van der Waals surface area (Å²) in [6.07, 6.45) is 6.98. The van der Waals surface area contributed by atoms with Crippen molar-refractivity contribution in [2.75, 3.05) is 42.1 Å². The van der Waals surface area contributed by atoms with Gasteiger partial charge in [-0.2, -0.15) is 5.26 Å². The van der Waals surface area contributed by atoms with E-state index >= 15 is 0 Å². The number of esters is 1. The number of allylic oxidation sites excluding steroid dienone is 1. The van der Waals surface area contributed by atoms with Crippen LogP contribution in [0.3, 0.4) is 0 Å². The number of carbonyl (C=O) groups is 1. The Morgan fingerprint density at radius 2 is 1.53 bits per heavy atom. The minimum atomic E-state index is -0.464. The van der Waals surface area contributed by atoms with E-state index in [9.17, 15) is 10.1 Å². The van der Waals surface area contributed by atoms with E-state index in [0.717, 1.165) is 38.7 Å². The molecule has 1 saturated heterocycles. The number of hydrogen-bond donors (Lipinski definition) is 0. The Hall–Kier alpha value is -5.11. The Balaban J connectivity index is 1.22. The van der Waals surface area contributed by atoms with Gasteiger partial charge in [0, 0.05) is 29.7 Å². The quantitative estimate of drug-likeness (QED) is 0.172. The molecule has 252 valence electrons. The second kappa shape index (κ2) is 13.4. The minimum Gasteiger partial charge on any atom is -0.493 e. The number of methoxy groups -OCH3 is 4. The molecule has 10 heteroatoms. The first-order chi connectivity index (χ1) is 23.9. The minimum absolute atomic E-state index is 0.0481. The summed E-state index contributed by atoms with van der Waals surface area (Å²) in [6.45, 7) is 0.0693. The lowest BCUT2D eigenvalue weighted by atomic mass is 9.72. The Kier molecular flexibility index (Phi) is 8.88. The molecule has 4 heterocycles. The molecule has 0 spiro atoms. The maximum atomic E-state index is 13.2. The maximum absolute atomic E-state index is 13.2. The molecular weight excluding hydrogens is 620 g/mol. The van der Waals surface area contributed by atoms with Crippen LogP contribution in [0.4, 0.5) is 0 Å². The number of piperazine rings is 1. The molecule has 1 aromatic heterocycles. The summed E-state index contributed by atoms with van der Waals surface area (Å²) in [5.41, 5.74) is 6.26. The number of pyridine rings is 1. The lowest BCUT2D eigenvalue weighted by molar-refractivity contribution is -0.143. The molecule has 4 aromatic rings. The van der Waals surface area contributed by atoms with Crippen LogP contribution in [0.25, 0.3) is 10.9 Å². The molecule has 5 unspecified atom stereocenters. The lowest BCUT2D eigenvalue weighted by Gasteiger charge is -2.59. The van der Waals surface area contributed by atoms with E-state index in [0.29, 0.717) is 42.3 Å². The van der Waals surface area contributed by atoms with Gasteiger partial charge in [-0.25, -0.2) is 4.79 Å². The van der Waals surface area contributed by atoms with Crippen LogP contribution in [0, 0.1) is 11.3 Å². The van der Waals surface area contributed by atoms with E-state index in [4.69, 9.17) is 23.7 Å². The predicted molar refractivity (Wildman–Crippen MR) is 184 cm³/mol. The Morgan fingerprint density at radius 1 is 0.898 bits per heavy atom. The summed E-state index contributed by atoms with van der Waals surface area (Å²) in [6, 6.07) is 19.7. The molecule has 7 rings (SSSR count). The molecule has 0 radical (unpaired) electrons. The molecule has 0 aliphatic carbocycles. The van der Waals surface area contributed by atoms with Gasteiger partial charge in [-0.1, -0.05) is 24.3 Å². The molecule has 10 nitrogen and oxygen atoms in total. The van der Waals surface area contributed by atoms with Gasteiger partial charge in [0.25, 0.3) is 0 Å². The number of nitriles is 1. The molecule has 3 aliphatic rings. The summed E-state index contributed by atoms with van der Waals surface area (Å²) in [4.78, 5) is 22.3. The number of aromatic nitrogens is 1. The zero-order valence-corrected chi connectivity index (χ0v) is 28.4. The largest absolute Gasteiger partial charge is 0.493 e. The van der Waals surface area contributed by atoms with Gasteiger partial charge in [-0.15, -0.1) is 0 Å². The molecule has 3 aromatic carbocycles. The molecule has 0 saturated carbocycles. The fraction of sp³-hybridized carbons (Fsp3) is 0.359.